The molecule has 0 bridgehead atoms. The van der Waals surface area contributed by atoms with Crippen LogP contribution < -0.4 is 10.2 Å². The number of carbonyl (C=O) groups excluding carboxylic acids is 2. The molecule has 0 spiro atoms. The third-order valence-corrected chi connectivity index (χ3v) is 5.55. The minimum absolute atomic E-state index is 0.233. The summed E-state index contributed by atoms with van der Waals surface area (Å²) >= 11 is 6.08. The Balaban J connectivity index is 1.42. The maximum Gasteiger partial charge on any atom is 0.274 e. The third-order valence-electron chi connectivity index (χ3n) is 5.22. The van der Waals surface area contributed by atoms with Crippen LogP contribution in [-0.2, 0) is 7.05 Å². The Morgan fingerprint density at radius 1 is 1.03 bits per heavy atom. The first-order valence-corrected chi connectivity index (χ1v) is 10.2. The molecular formula is C22H21ClFN5O2. The largest absolute Gasteiger partial charge is 0.366 e. The summed E-state index contributed by atoms with van der Waals surface area (Å²) < 4.78 is 15.5. The predicted molar refractivity (Wildman–Crippen MR) is 117 cm³/mol. The van der Waals surface area contributed by atoms with Crippen LogP contribution in [0.2, 0.25) is 5.02 Å². The number of piperazine rings is 1. The number of hydrogen-bond acceptors (Lipinski definition) is 4. The van der Waals surface area contributed by atoms with Crippen molar-refractivity contribution in [1.82, 2.24) is 14.7 Å². The Morgan fingerprint density at radius 2 is 1.71 bits per heavy atom. The Labute approximate surface area is 184 Å². The van der Waals surface area contributed by atoms with Gasteiger partial charge < -0.3 is 15.1 Å². The van der Waals surface area contributed by atoms with Crippen LogP contribution in [0.3, 0.4) is 0 Å². The van der Waals surface area contributed by atoms with Crippen molar-refractivity contribution in [3.63, 3.8) is 0 Å². The summed E-state index contributed by atoms with van der Waals surface area (Å²) in [7, 11) is 1.65. The van der Waals surface area contributed by atoms with E-state index in [1.54, 1.807) is 60.5 Å². The number of carbonyl (C=O) groups is 2. The summed E-state index contributed by atoms with van der Waals surface area (Å²) in [6.45, 7) is 1.95. The molecule has 1 saturated heterocycles. The van der Waals surface area contributed by atoms with Crippen molar-refractivity contribution in [2.24, 2.45) is 7.05 Å². The summed E-state index contributed by atoms with van der Waals surface area (Å²) in [6.07, 6.45) is 0. The minimum Gasteiger partial charge on any atom is -0.366 e. The average molecular weight is 442 g/mol. The van der Waals surface area contributed by atoms with E-state index in [-0.39, 0.29) is 23.3 Å². The molecule has 1 N–H and O–H groups in total. The first-order chi connectivity index (χ1) is 14.9. The Bertz CT molecular complexity index is 1120. The lowest BCUT2D eigenvalue weighted by Crippen LogP contribution is -2.49. The molecule has 4 rings (SSSR count). The SMILES string of the molecule is Cn1nc(C(=O)N2CCN(c3ccccc3F)CC2)cc1NC(=O)c1ccccc1Cl. The van der Waals surface area contributed by atoms with E-state index in [1.165, 1.54) is 10.7 Å². The molecule has 1 fully saturated rings. The Kier molecular flexibility index (Phi) is 5.90. The molecule has 1 aliphatic rings. The van der Waals surface area contributed by atoms with Crippen LogP contribution in [0, 0.1) is 5.82 Å². The number of nitrogens with one attached hydrogen (secondary N) is 1. The molecule has 0 unspecified atom stereocenters. The smallest absolute Gasteiger partial charge is 0.274 e. The summed E-state index contributed by atoms with van der Waals surface area (Å²) in [4.78, 5) is 29.0. The van der Waals surface area contributed by atoms with Gasteiger partial charge >= 0.3 is 0 Å². The zero-order chi connectivity index (χ0) is 22.0. The second-order valence-corrected chi connectivity index (χ2v) is 7.61. The van der Waals surface area contributed by atoms with Crippen LogP contribution in [0.5, 0.6) is 0 Å². The molecular weight excluding hydrogens is 421 g/mol. The first kappa shape index (κ1) is 20.9. The lowest BCUT2D eigenvalue weighted by molar-refractivity contribution is 0.0739. The fourth-order valence-corrected chi connectivity index (χ4v) is 3.76. The van der Waals surface area contributed by atoms with Gasteiger partial charge in [-0.2, -0.15) is 5.10 Å². The van der Waals surface area contributed by atoms with E-state index in [0.29, 0.717) is 48.3 Å². The van der Waals surface area contributed by atoms with Gasteiger partial charge in [0.05, 0.1) is 16.3 Å². The zero-order valence-corrected chi connectivity index (χ0v) is 17.6. The molecule has 2 amide bonds. The number of rotatable bonds is 4. The van der Waals surface area contributed by atoms with Crippen molar-refractivity contribution in [2.45, 2.75) is 0 Å². The van der Waals surface area contributed by atoms with Crippen LogP contribution >= 0.6 is 11.6 Å². The second-order valence-electron chi connectivity index (χ2n) is 7.20. The van der Waals surface area contributed by atoms with Gasteiger partial charge in [0, 0.05) is 39.3 Å². The van der Waals surface area contributed by atoms with Gasteiger partial charge in [0.25, 0.3) is 11.8 Å². The summed E-state index contributed by atoms with van der Waals surface area (Å²) in [5.74, 6) is -0.503. The normalized spacial score (nSPS) is 13.9. The van der Waals surface area contributed by atoms with E-state index < -0.39 is 0 Å². The van der Waals surface area contributed by atoms with Gasteiger partial charge in [-0.3, -0.25) is 14.3 Å². The van der Waals surface area contributed by atoms with E-state index in [9.17, 15) is 14.0 Å². The van der Waals surface area contributed by atoms with Crippen LogP contribution in [0.15, 0.2) is 54.6 Å². The molecule has 0 radical (unpaired) electrons. The monoisotopic (exact) mass is 441 g/mol. The molecule has 1 aromatic heterocycles. The number of halogens is 2. The van der Waals surface area contributed by atoms with E-state index in [1.807, 2.05) is 4.90 Å². The van der Waals surface area contributed by atoms with Gasteiger partial charge in [-0.25, -0.2) is 4.39 Å². The highest BCUT2D eigenvalue weighted by atomic mass is 35.5. The average Bonchev–Trinajstić information content (AvgIpc) is 3.14. The minimum atomic E-state index is -0.383. The zero-order valence-electron chi connectivity index (χ0n) is 16.9. The van der Waals surface area contributed by atoms with Gasteiger partial charge in [0.15, 0.2) is 5.69 Å². The van der Waals surface area contributed by atoms with Crippen LogP contribution in [0.25, 0.3) is 0 Å². The first-order valence-electron chi connectivity index (χ1n) is 9.82. The number of aryl methyl sites for hydroxylation is 1. The molecule has 2 aromatic carbocycles. The Morgan fingerprint density at radius 3 is 2.42 bits per heavy atom. The summed E-state index contributed by atoms with van der Waals surface area (Å²) in [5.41, 5.74) is 1.11. The number of hydrogen-bond donors (Lipinski definition) is 1. The number of amides is 2. The molecule has 2 heterocycles. The van der Waals surface area contributed by atoms with Crippen molar-refractivity contribution < 1.29 is 14.0 Å². The van der Waals surface area contributed by atoms with Gasteiger partial charge in [0.2, 0.25) is 0 Å². The molecule has 1 aliphatic heterocycles. The molecule has 0 atom stereocenters. The van der Waals surface area contributed by atoms with E-state index in [4.69, 9.17) is 11.6 Å². The fourth-order valence-electron chi connectivity index (χ4n) is 3.54. The predicted octanol–water partition coefficient (Wildman–Crippen LogP) is 3.43. The second kappa shape index (κ2) is 8.77. The highest BCUT2D eigenvalue weighted by Gasteiger charge is 2.26. The highest BCUT2D eigenvalue weighted by molar-refractivity contribution is 6.34. The fraction of sp³-hybridized carbons (Fsp3) is 0.227. The van der Waals surface area contributed by atoms with E-state index in [2.05, 4.69) is 10.4 Å². The van der Waals surface area contributed by atoms with Crippen LogP contribution in [0.1, 0.15) is 20.8 Å². The molecule has 160 valence electrons. The standard InChI is InChI=1S/C22H21ClFN5O2/c1-27-20(25-21(30)15-6-2-3-7-16(15)23)14-18(26-27)22(31)29-12-10-28(11-13-29)19-9-5-4-8-17(19)24/h2-9,14H,10-13H2,1H3,(H,25,30). The lowest BCUT2D eigenvalue weighted by Gasteiger charge is -2.35. The van der Waals surface area contributed by atoms with Crippen LogP contribution in [-0.4, -0.2) is 52.7 Å². The van der Waals surface area contributed by atoms with E-state index in [0.717, 1.165) is 0 Å². The number of aromatic nitrogens is 2. The Hall–Kier alpha value is -3.39. The molecule has 0 aliphatic carbocycles. The molecule has 31 heavy (non-hydrogen) atoms. The number of anilines is 2. The van der Waals surface area contributed by atoms with Gasteiger partial charge in [0.1, 0.15) is 11.6 Å². The van der Waals surface area contributed by atoms with Gasteiger partial charge in [-0.05, 0) is 24.3 Å². The lowest BCUT2D eigenvalue weighted by atomic mass is 10.2. The summed E-state index contributed by atoms with van der Waals surface area (Å²) in [6, 6.07) is 14.9. The maximum absolute atomic E-state index is 14.0. The number of benzene rings is 2. The van der Waals surface area contributed by atoms with Crippen molar-refractivity contribution in [3.05, 3.63) is 76.7 Å². The van der Waals surface area contributed by atoms with Crippen molar-refractivity contribution >= 4 is 34.9 Å². The molecule has 7 nitrogen and oxygen atoms in total. The molecule has 0 saturated carbocycles. The van der Waals surface area contributed by atoms with Gasteiger partial charge in [-0.15, -0.1) is 0 Å². The topological polar surface area (TPSA) is 70.5 Å². The molecule has 9 heteroatoms. The van der Waals surface area contributed by atoms with Crippen molar-refractivity contribution in [2.75, 3.05) is 36.4 Å². The van der Waals surface area contributed by atoms with Gasteiger partial charge in [-0.1, -0.05) is 35.9 Å². The molecule has 3 aromatic rings. The summed E-state index contributed by atoms with van der Waals surface area (Å²) in [5, 5.41) is 7.33. The maximum atomic E-state index is 14.0. The number of nitrogens with zero attached hydrogens (tertiary/aromatic N) is 4. The highest BCUT2D eigenvalue weighted by Crippen LogP contribution is 2.22. The third kappa shape index (κ3) is 4.39. The number of para-hydroxylation sites is 1. The van der Waals surface area contributed by atoms with Crippen molar-refractivity contribution in [3.8, 4) is 0 Å². The quantitative estimate of drug-likeness (QED) is 0.673. The van der Waals surface area contributed by atoms with E-state index >= 15 is 0 Å². The van der Waals surface area contributed by atoms with Crippen molar-refractivity contribution in [1.29, 1.82) is 0 Å². The van der Waals surface area contributed by atoms with Crippen LogP contribution in [0.4, 0.5) is 15.9 Å².